The molecule has 7 nitrogen and oxygen atoms in total. The molecule has 0 bridgehead atoms. The number of carbonyl (C=O) groups is 1. The lowest BCUT2D eigenvalue weighted by Crippen LogP contribution is -2.30. The van der Waals surface area contributed by atoms with Crippen molar-refractivity contribution in [3.8, 4) is 0 Å². The first-order chi connectivity index (χ1) is 9.20. The molecular formula is C11H15N3O4S. The highest BCUT2D eigenvalue weighted by Gasteiger charge is 2.01. The second-order valence-electron chi connectivity index (χ2n) is 3.48. The van der Waals surface area contributed by atoms with Crippen molar-refractivity contribution >= 4 is 16.4 Å². The molecule has 2 N–H and O–H groups in total. The quantitative estimate of drug-likeness (QED) is 0.746. The Morgan fingerprint density at radius 3 is 2.26 bits per heavy atom. The molecule has 1 amide bonds. The van der Waals surface area contributed by atoms with Crippen molar-refractivity contribution in [3.05, 3.63) is 35.9 Å². The van der Waals surface area contributed by atoms with Gasteiger partial charge in [-0.3, -0.25) is 4.79 Å². The van der Waals surface area contributed by atoms with Gasteiger partial charge in [-0.2, -0.15) is 8.42 Å². The summed E-state index contributed by atoms with van der Waals surface area (Å²) in [6, 6.07) is 8.20. The van der Waals surface area contributed by atoms with Crippen molar-refractivity contribution in [1.29, 1.82) is 0 Å². The monoisotopic (exact) mass is 285 g/mol. The number of benzene rings is 1. The Morgan fingerprint density at radius 2 is 1.84 bits per heavy atom. The molecule has 1 aliphatic heterocycles. The summed E-state index contributed by atoms with van der Waals surface area (Å²) in [6.45, 7) is 3.83. The van der Waals surface area contributed by atoms with Gasteiger partial charge in [0.2, 0.25) is 0 Å². The minimum atomic E-state index is -2.62. The Labute approximate surface area is 112 Å². The van der Waals surface area contributed by atoms with Crippen LogP contribution in [-0.2, 0) is 15.2 Å². The fourth-order valence-electron chi connectivity index (χ4n) is 1.25. The van der Waals surface area contributed by atoms with Gasteiger partial charge in [0, 0.05) is 18.7 Å². The number of hydrogen-bond acceptors (Lipinski definition) is 6. The first kappa shape index (κ1) is 15.3. The van der Waals surface area contributed by atoms with Crippen LogP contribution in [0.25, 0.3) is 0 Å². The Kier molecular flexibility index (Phi) is 7.40. The van der Waals surface area contributed by atoms with E-state index in [-0.39, 0.29) is 0 Å². The van der Waals surface area contributed by atoms with Gasteiger partial charge in [-0.1, -0.05) is 22.7 Å². The standard InChI is InChI=1S/C7H6N2O3S.C4H9NO/c10-7(8-9-13(11)12)6-4-2-1-3-5-6;1-3-6-4-2-5-1/h1-5H,(H,8,10);5H,1-4H2. The van der Waals surface area contributed by atoms with E-state index in [1.807, 2.05) is 5.43 Å². The van der Waals surface area contributed by atoms with Crippen molar-refractivity contribution in [2.75, 3.05) is 26.3 Å². The predicted molar refractivity (Wildman–Crippen MR) is 68.9 cm³/mol. The Hall–Kier alpha value is -1.77. The van der Waals surface area contributed by atoms with Crippen LogP contribution >= 0.6 is 0 Å². The number of ether oxygens (including phenoxy) is 1. The summed E-state index contributed by atoms with van der Waals surface area (Å²) in [5.41, 5.74) is 2.23. The lowest BCUT2D eigenvalue weighted by atomic mass is 10.2. The van der Waals surface area contributed by atoms with Crippen LogP contribution in [0.15, 0.2) is 34.8 Å². The van der Waals surface area contributed by atoms with Crippen LogP contribution in [0.3, 0.4) is 0 Å². The van der Waals surface area contributed by atoms with Gasteiger partial charge in [-0.25, -0.2) is 5.43 Å². The first-order valence-electron chi connectivity index (χ1n) is 5.64. The summed E-state index contributed by atoms with van der Waals surface area (Å²) in [5, 5.41) is 3.16. The molecule has 1 fully saturated rings. The van der Waals surface area contributed by atoms with Crippen LogP contribution in [-0.4, -0.2) is 40.6 Å². The molecule has 0 saturated carbocycles. The normalized spacial score (nSPS) is 13.7. The highest BCUT2D eigenvalue weighted by atomic mass is 32.2. The van der Waals surface area contributed by atoms with Crippen LogP contribution in [0.2, 0.25) is 0 Å². The maximum atomic E-state index is 11.1. The molecular weight excluding hydrogens is 270 g/mol. The zero-order valence-corrected chi connectivity index (χ0v) is 11.0. The molecule has 0 aliphatic carbocycles. The van der Waals surface area contributed by atoms with E-state index in [1.54, 1.807) is 30.3 Å². The van der Waals surface area contributed by atoms with E-state index >= 15 is 0 Å². The van der Waals surface area contributed by atoms with Crippen LogP contribution < -0.4 is 10.7 Å². The predicted octanol–water partition coefficient (Wildman–Crippen LogP) is 0.000300. The number of carbonyl (C=O) groups excluding carboxylic acids is 1. The summed E-state index contributed by atoms with van der Waals surface area (Å²) in [4.78, 5) is 11.1. The summed E-state index contributed by atoms with van der Waals surface area (Å²) < 4.78 is 27.7. The molecule has 1 aromatic rings. The SMILES string of the molecule is C1COCCN1.O=C(NN=S(=O)=O)c1ccccc1. The molecule has 1 aromatic carbocycles. The van der Waals surface area contributed by atoms with E-state index in [4.69, 9.17) is 4.74 Å². The summed E-state index contributed by atoms with van der Waals surface area (Å²) in [7, 11) is -2.62. The smallest absolute Gasteiger partial charge is 0.332 e. The molecule has 1 aliphatic rings. The fourth-order valence-corrected chi connectivity index (χ4v) is 1.41. The van der Waals surface area contributed by atoms with Gasteiger partial charge in [0.05, 0.1) is 13.2 Å². The maximum absolute atomic E-state index is 11.1. The molecule has 8 heteroatoms. The highest BCUT2D eigenvalue weighted by Crippen LogP contribution is 1.96. The average Bonchev–Trinajstić information content (AvgIpc) is 2.48. The first-order valence-corrected chi connectivity index (χ1v) is 6.67. The third-order valence-corrected chi connectivity index (χ3v) is 2.34. The zero-order chi connectivity index (χ0) is 13.9. The van der Waals surface area contributed by atoms with E-state index in [1.165, 1.54) is 0 Å². The van der Waals surface area contributed by atoms with Crippen molar-refractivity contribution in [3.63, 3.8) is 0 Å². The van der Waals surface area contributed by atoms with E-state index in [2.05, 4.69) is 9.79 Å². The fraction of sp³-hybridized carbons (Fsp3) is 0.364. The topological polar surface area (TPSA) is 96.9 Å². The van der Waals surface area contributed by atoms with Crippen LogP contribution in [0.1, 0.15) is 10.4 Å². The minimum Gasteiger partial charge on any atom is -0.379 e. The summed E-state index contributed by atoms with van der Waals surface area (Å²) in [6.07, 6.45) is 0. The number of morpholine rings is 1. The molecule has 2 rings (SSSR count). The average molecular weight is 285 g/mol. The van der Waals surface area contributed by atoms with Crippen molar-refractivity contribution < 1.29 is 17.9 Å². The van der Waals surface area contributed by atoms with Gasteiger partial charge in [-0.05, 0) is 12.1 Å². The second-order valence-corrected chi connectivity index (χ2v) is 4.09. The van der Waals surface area contributed by atoms with Gasteiger partial charge in [0.1, 0.15) is 0 Å². The van der Waals surface area contributed by atoms with Crippen LogP contribution in [0.5, 0.6) is 0 Å². The minimum absolute atomic E-state index is 0.358. The third-order valence-electron chi connectivity index (χ3n) is 2.10. The van der Waals surface area contributed by atoms with Crippen molar-refractivity contribution in [2.24, 2.45) is 4.47 Å². The molecule has 0 radical (unpaired) electrons. The Bertz CT molecular complexity index is 492. The van der Waals surface area contributed by atoms with Gasteiger partial charge in [0.25, 0.3) is 5.91 Å². The van der Waals surface area contributed by atoms with Gasteiger partial charge in [-0.15, -0.1) is 0 Å². The zero-order valence-electron chi connectivity index (χ0n) is 10.2. The van der Waals surface area contributed by atoms with Gasteiger partial charge in [0.15, 0.2) is 0 Å². The molecule has 0 spiro atoms. The largest absolute Gasteiger partial charge is 0.379 e. The summed E-state index contributed by atoms with van der Waals surface area (Å²) in [5.74, 6) is -0.551. The van der Waals surface area contributed by atoms with E-state index < -0.39 is 16.4 Å². The molecule has 1 saturated heterocycles. The number of hydrogen-bond donors (Lipinski definition) is 2. The van der Waals surface area contributed by atoms with Gasteiger partial charge >= 0.3 is 10.5 Å². The molecule has 19 heavy (non-hydrogen) atoms. The molecule has 1 heterocycles. The van der Waals surface area contributed by atoms with Crippen molar-refractivity contribution in [2.45, 2.75) is 0 Å². The number of nitrogens with zero attached hydrogens (tertiary/aromatic N) is 1. The lowest BCUT2D eigenvalue weighted by Gasteiger charge is -2.10. The van der Waals surface area contributed by atoms with Crippen LogP contribution in [0.4, 0.5) is 0 Å². The van der Waals surface area contributed by atoms with Crippen LogP contribution in [0, 0.1) is 0 Å². The van der Waals surface area contributed by atoms with E-state index in [0.29, 0.717) is 5.56 Å². The Morgan fingerprint density at radius 1 is 1.21 bits per heavy atom. The second kappa shape index (κ2) is 9.20. The third kappa shape index (κ3) is 7.29. The van der Waals surface area contributed by atoms with Crippen molar-refractivity contribution in [1.82, 2.24) is 10.7 Å². The maximum Gasteiger partial charge on any atom is 0.332 e. The highest BCUT2D eigenvalue weighted by molar-refractivity contribution is 7.61. The van der Waals surface area contributed by atoms with E-state index in [0.717, 1.165) is 26.3 Å². The summed E-state index contributed by atoms with van der Waals surface area (Å²) >= 11 is 0. The molecule has 104 valence electrons. The number of nitrogens with one attached hydrogen (secondary N) is 2. The van der Waals surface area contributed by atoms with Gasteiger partial charge < -0.3 is 10.1 Å². The van der Waals surface area contributed by atoms with E-state index in [9.17, 15) is 13.2 Å². The molecule has 0 unspecified atom stereocenters. The number of rotatable bonds is 2. The Balaban J connectivity index is 0.000000250. The number of amides is 1. The molecule has 0 atom stereocenters. The molecule has 0 aromatic heterocycles. The lowest BCUT2D eigenvalue weighted by molar-refractivity contribution is 0.0955.